The number of benzene rings is 1. The Hall–Kier alpha value is -2.72. The number of hydrogen-bond donors (Lipinski definition) is 1. The Bertz CT molecular complexity index is 952. The molecule has 1 amide bonds. The van der Waals surface area contributed by atoms with Gasteiger partial charge in [-0.2, -0.15) is 4.98 Å². The predicted molar refractivity (Wildman–Crippen MR) is 107 cm³/mol. The Morgan fingerprint density at radius 1 is 1.31 bits per heavy atom. The van der Waals surface area contributed by atoms with Gasteiger partial charge in [0.25, 0.3) is 5.89 Å². The summed E-state index contributed by atoms with van der Waals surface area (Å²) >= 11 is 1.33. The van der Waals surface area contributed by atoms with Crippen LogP contribution in [0.15, 0.2) is 40.0 Å². The number of rotatable bonds is 8. The summed E-state index contributed by atoms with van der Waals surface area (Å²) in [5.41, 5.74) is 0.863. The van der Waals surface area contributed by atoms with Crippen LogP contribution in [0, 0.1) is 0 Å². The van der Waals surface area contributed by atoms with Crippen molar-refractivity contribution in [1.82, 2.24) is 30.2 Å². The van der Waals surface area contributed by atoms with Crippen LogP contribution < -0.4 is 5.32 Å². The van der Waals surface area contributed by atoms with Crippen LogP contribution in [0.25, 0.3) is 23.1 Å². The first-order chi connectivity index (χ1) is 14.2. The quantitative estimate of drug-likeness (QED) is 0.560. The highest BCUT2D eigenvalue weighted by atomic mass is 32.2. The smallest absolute Gasteiger partial charge is 0.296 e. The number of nitrogens with one attached hydrogen (secondary N) is 1. The highest BCUT2D eigenvalue weighted by molar-refractivity contribution is 7.99. The molecule has 3 aromatic rings. The highest BCUT2D eigenvalue weighted by Crippen LogP contribution is 2.25. The van der Waals surface area contributed by atoms with E-state index in [9.17, 15) is 4.79 Å². The maximum atomic E-state index is 12.1. The summed E-state index contributed by atoms with van der Waals surface area (Å²) in [6.07, 6.45) is 2.18. The summed E-state index contributed by atoms with van der Waals surface area (Å²) < 4.78 is 12.8. The number of amides is 1. The van der Waals surface area contributed by atoms with Gasteiger partial charge in [0, 0.05) is 25.3 Å². The van der Waals surface area contributed by atoms with Gasteiger partial charge in [0.1, 0.15) is 0 Å². The fourth-order valence-corrected chi connectivity index (χ4v) is 3.90. The minimum absolute atomic E-state index is 0.0538. The molecule has 1 saturated heterocycles. The van der Waals surface area contributed by atoms with Gasteiger partial charge in [-0.05, 0) is 19.8 Å². The average molecular weight is 414 g/mol. The van der Waals surface area contributed by atoms with Crippen molar-refractivity contribution in [3.8, 4) is 23.1 Å². The summed E-state index contributed by atoms with van der Waals surface area (Å²) in [5.74, 6) is 1.48. The molecule has 29 heavy (non-hydrogen) atoms. The Kier molecular flexibility index (Phi) is 6.20. The minimum Gasteiger partial charge on any atom is -0.376 e. The first kappa shape index (κ1) is 19.6. The lowest BCUT2D eigenvalue weighted by molar-refractivity contribution is -0.119. The summed E-state index contributed by atoms with van der Waals surface area (Å²) in [7, 11) is 0. The third-order valence-corrected chi connectivity index (χ3v) is 5.53. The zero-order valence-electron chi connectivity index (χ0n) is 16.1. The largest absolute Gasteiger partial charge is 0.376 e. The Morgan fingerprint density at radius 2 is 2.17 bits per heavy atom. The maximum absolute atomic E-state index is 12.1. The second kappa shape index (κ2) is 9.19. The number of nitrogens with zero attached hydrogens (tertiary/aromatic N) is 5. The van der Waals surface area contributed by atoms with Crippen LogP contribution in [0.3, 0.4) is 0 Å². The Balaban J connectivity index is 1.40. The van der Waals surface area contributed by atoms with Crippen LogP contribution in [0.1, 0.15) is 19.8 Å². The van der Waals surface area contributed by atoms with Crippen molar-refractivity contribution in [2.75, 3.05) is 18.9 Å². The van der Waals surface area contributed by atoms with E-state index < -0.39 is 0 Å². The molecule has 0 radical (unpaired) electrons. The van der Waals surface area contributed by atoms with Crippen LogP contribution in [-0.2, 0) is 16.1 Å². The number of aromatic nitrogens is 5. The van der Waals surface area contributed by atoms with E-state index in [4.69, 9.17) is 9.26 Å². The van der Waals surface area contributed by atoms with Crippen molar-refractivity contribution in [2.24, 2.45) is 0 Å². The number of thioether (sulfide) groups is 1. The van der Waals surface area contributed by atoms with E-state index in [2.05, 4.69) is 25.7 Å². The van der Waals surface area contributed by atoms with Crippen molar-refractivity contribution in [1.29, 1.82) is 0 Å². The minimum atomic E-state index is -0.0538. The Morgan fingerprint density at radius 3 is 2.93 bits per heavy atom. The van der Waals surface area contributed by atoms with E-state index in [-0.39, 0.29) is 17.8 Å². The topological polar surface area (TPSA) is 108 Å². The van der Waals surface area contributed by atoms with Crippen LogP contribution in [-0.4, -0.2) is 55.8 Å². The molecule has 4 rings (SSSR count). The van der Waals surface area contributed by atoms with Gasteiger partial charge in [-0.3, -0.25) is 9.36 Å². The number of carbonyl (C=O) groups excluding carboxylic acids is 1. The van der Waals surface area contributed by atoms with E-state index >= 15 is 0 Å². The molecule has 10 heteroatoms. The molecule has 0 spiro atoms. The fraction of sp³-hybridized carbons (Fsp3) is 0.421. The van der Waals surface area contributed by atoms with Gasteiger partial charge < -0.3 is 14.6 Å². The highest BCUT2D eigenvalue weighted by Gasteiger charge is 2.21. The van der Waals surface area contributed by atoms with Gasteiger partial charge in [0.2, 0.25) is 17.6 Å². The van der Waals surface area contributed by atoms with Crippen molar-refractivity contribution < 1.29 is 14.1 Å². The number of ether oxygens (including phenoxy) is 1. The van der Waals surface area contributed by atoms with E-state index in [0.29, 0.717) is 35.8 Å². The van der Waals surface area contributed by atoms with E-state index in [1.165, 1.54) is 11.8 Å². The van der Waals surface area contributed by atoms with Crippen molar-refractivity contribution in [3.05, 3.63) is 30.3 Å². The summed E-state index contributed by atoms with van der Waals surface area (Å²) in [5, 5.41) is 16.0. The summed E-state index contributed by atoms with van der Waals surface area (Å²) in [6.45, 7) is 3.92. The van der Waals surface area contributed by atoms with Crippen LogP contribution in [0.4, 0.5) is 0 Å². The van der Waals surface area contributed by atoms with E-state index in [1.54, 1.807) is 0 Å². The van der Waals surface area contributed by atoms with Crippen LogP contribution in [0.2, 0.25) is 0 Å². The van der Waals surface area contributed by atoms with Gasteiger partial charge in [-0.1, -0.05) is 47.3 Å². The molecule has 0 unspecified atom stereocenters. The normalized spacial score (nSPS) is 16.2. The van der Waals surface area contributed by atoms with Crippen molar-refractivity contribution in [3.63, 3.8) is 0 Å². The zero-order chi connectivity index (χ0) is 20.1. The molecular formula is C19H22N6O3S. The second-order valence-electron chi connectivity index (χ2n) is 6.57. The predicted octanol–water partition coefficient (Wildman–Crippen LogP) is 2.40. The molecule has 1 N–H and O–H groups in total. The van der Waals surface area contributed by atoms with E-state index in [0.717, 1.165) is 25.0 Å². The molecule has 1 atom stereocenters. The van der Waals surface area contributed by atoms with E-state index in [1.807, 2.05) is 41.8 Å². The lowest BCUT2D eigenvalue weighted by Gasteiger charge is -2.10. The third-order valence-electron chi connectivity index (χ3n) is 4.57. The molecular weight excluding hydrogens is 392 g/mol. The average Bonchev–Trinajstić information content (AvgIpc) is 3.51. The molecule has 0 aliphatic carbocycles. The lowest BCUT2D eigenvalue weighted by atomic mass is 10.2. The standard InChI is InChI=1S/C19H22N6O3S/c1-2-25-17(18-21-16(24-28-18)13-7-4-3-5-8-13)22-23-19(25)29-12-15(26)20-11-14-9-6-10-27-14/h3-5,7-8,14H,2,6,9-12H2,1H3,(H,20,26)/t14-/m1/s1. The fourth-order valence-electron chi connectivity index (χ4n) is 3.07. The summed E-state index contributed by atoms with van der Waals surface area (Å²) in [6, 6.07) is 9.58. The number of hydrogen-bond acceptors (Lipinski definition) is 8. The van der Waals surface area contributed by atoms with Crippen LogP contribution in [0.5, 0.6) is 0 Å². The third kappa shape index (κ3) is 4.65. The van der Waals surface area contributed by atoms with Gasteiger partial charge in [-0.15, -0.1) is 10.2 Å². The molecule has 9 nitrogen and oxygen atoms in total. The Labute approximate surface area is 172 Å². The zero-order valence-corrected chi connectivity index (χ0v) is 16.9. The van der Waals surface area contributed by atoms with Gasteiger partial charge in [0.15, 0.2) is 5.16 Å². The maximum Gasteiger partial charge on any atom is 0.296 e. The van der Waals surface area contributed by atoms with Crippen molar-refractivity contribution >= 4 is 17.7 Å². The molecule has 1 aliphatic heterocycles. The second-order valence-corrected chi connectivity index (χ2v) is 7.51. The molecule has 3 heterocycles. The molecule has 1 aliphatic rings. The molecule has 0 saturated carbocycles. The number of carbonyl (C=O) groups is 1. The molecule has 152 valence electrons. The molecule has 2 aromatic heterocycles. The molecule has 1 aromatic carbocycles. The molecule has 0 bridgehead atoms. The monoisotopic (exact) mass is 414 g/mol. The van der Waals surface area contributed by atoms with Gasteiger partial charge >= 0.3 is 0 Å². The first-order valence-corrected chi connectivity index (χ1v) is 10.6. The lowest BCUT2D eigenvalue weighted by Crippen LogP contribution is -2.32. The van der Waals surface area contributed by atoms with Gasteiger partial charge in [0.05, 0.1) is 11.9 Å². The SMILES string of the molecule is CCn1c(SCC(=O)NC[C@H]2CCCO2)nnc1-c1nc(-c2ccccc2)no1. The molecule has 1 fully saturated rings. The summed E-state index contributed by atoms with van der Waals surface area (Å²) in [4.78, 5) is 16.6. The van der Waals surface area contributed by atoms with Gasteiger partial charge in [-0.25, -0.2) is 0 Å². The first-order valence-electron chi connectivity index (χ1n) is 9.58. The van der Waals surface area contributed by atoms with Crippen molar-refractivity contribution in [2.45, 2.75) is 37.6 Å². The van der Waals surface area contributed by atoms with Crippen LogP contribution >= 0.6 is 11.8 Å².